The summed E-state index contributed by atoms with van der Waals surface area (Å²) < 4.78 is 74.9. The van der Waals surface area contributed by atoms with Crippen LogP contribution in [0, 0.1) is 0 Å². The van der Waals surface area contributed by atoms with Gasteiger partial charge in [0.1, 0.15) is 17.1 Å². The van der Waals surface area contributed by atoms with Crippen LogP contribution in [0.15, 0.2) is 36.7 Å². The van der Waals surface area contributed by atoms with Crippen LogP contribution >= 0.6 is 11.6 Å². The lowest BCUT2D eigenvalue weighted by atomic mass is 10.1. The van der Waals surface area contributed by atoms with E-state index >= 15 is 0 Å². The van der Waals surface area contributed by atoms with Gasteiger partial charge in [-0.15, -0.1) is 0 Å². The average Bonchev–Trinajstić information content (AvgIpc) is 3.21. The normalized spacial score (nSPS) is 15.6. The number of pyridine rings is 1. The zero-order valence-electron chi connectivity index (χ0n) is 18.3. The maximum atomic E-state index is 12.6. The number of hydrogen-bond donors (Lipinski definition) is 1. The Bertz CT molecular complexity index is 1310. The van der Waals surface area contributed by atoms with Gasteiger partial charge < -0.3 is 18.8 Å². The van der Waals surface area contributed by atoms with Crippen LogP contribution in [-0.4, -0.2) is 56.7 Å². The minimum atomic E-state index is -5.35. The molecule has 0 spiro atoms. The van der Waals surface area contributed by atoms with Crippen molar-refractivity contribution in [2.75, 3.05) is 32.2 Å². The first-order chi connectivity index (χ1) is 16.0. The molecule has 184 valence electrons. The van der Waals surface area contributed by atoms with E-state index < -0.39 is 21.6 Å². The van der Waals surface area contributed by atoms with Gasteiger partial charge in [0.15, 0.2) is 0 Å². The third-order valence-electron chi connectivity index (χ3n) is 5.68. The fraction of sp³-hybridized carbons (Fsp3) is 0.381. The number of piperidine rings is 1. The van der Waals surface area contributed by atoms with Crippen LogP contribution in [0.2, 0.25) is 5.02 Å². The lowest BCUT2D eigenvalue weighted by molar-refractivity contribution is -0.0451. The minimum Gasteiger partial charge on any atom is -0.496 e. The number of benzene rings is 1. The van der Waals surface area contributed by atoms with E-state index in [4.69, 9.17) is 21.1 Å². The SMILES string of the molecule is COc1cc(OC)c(-c2cn3ccc(N4CCC(NS(=O)(=O)C(F)(F)F)CC4)cc3n2)cc1Cl. The van der Waals surface area contributed by atoms with E-state index in [-0.39, 0.29) is 12.8 Å². The van der Waals surface area contributed by atoms with E-state index in [0.29, 0.717) is 46.5 Å². The molecule has 1 aliphatic rings. The molecule has 0 bridgehead atoms. The van der Waals surface area contributed by atoms with Crippen molar-refractivity contribution in [1.82, 2.24) is 14.1 Å². The number of halogens is 4. The zero-order chi connectivity index (χ0) is 24.7. The molecule has 0 amide bonds. The Morgan fingerprint density at radius 3 is 2.41 bits per heavy atom. The summed E-state index contributed by atoms with van der Waals surface area (Å²) in [6.45, 7) is 0.799. The van der Waals surface area contributed by atoms with Gasteiger partial charge in [-0.25, -0.2) is 18.1 Å². The Balaban J connectivity index is 1.52. The summed E-state index contributed by atoms with van der Waals surface area (Å²) in [7, 11) is -2.30. The number of methoxy groups -OCH3 is 2. The summed E-state index contributed by atoms with van der Waals surface area (Å²) in [5.41, 5.74) is -2.50. The molecule has 1 aromatic carbocycles. The number of rotatable bonds is 6. The molecule has 1 saturated heterocycles. The topological polar surface area (TPSA) is 85.2 Å². The average molecular weight is 519 g/mol. The first-order valence-corrected chi connectivity index (χ1v) is 12.1. The molecule has 2 aromatic heterocycles. The number of fused-ring (bicyclic) bond motifs is 1. The first kappa shape index (κ1) is 24.4. The van der Waals surface area contributed by atoms with Crippen LogP contribution < -0.4 is 19.1 Å². The number of sulfonamides is 1. The third-order valence-corrected chi connectivity index (χ3v) is 7.23. The first-order valence-electron chi connectivity index (χ1n) is 10.3. The van der Waals surface area contributed by atoms with Crippen molar-refractivity contribution in [2.24, 2.45) is 0 Å². The van der Waals surface area contributed by atoms with Crippen molar-refractivity contribution in [3.63, 3.8) is 0 Å². The molecule has 1 N–H and O–H groups in total. The van der Waals surface area contributed by atoms with Gasteiger partial charge >= 0.3 is 15.5 Å². The summed E-state index contributed by atoms with van der Waals surface area (Å²) in [4.78, 5) is 6.66. The zero-order valence-corrected chi connectivity index (χ0v) is 19.8. The van der Waals surface area contributed by atoms with Crippen LogP contribution in [0.4, 0.5) is 18.9 Å². The van der Waals surface area contributed by atoms with E-state index in [1.807, 2.05) is 33.8 Å². The number of imidazole rings is 1. The second-order valence-corrected chi connectivity index (χ2v) is 9.90. The van der Waals surface area contributed by atoms with Gasteiger partial charge in [-0.2, -0.15) is 13.2 Å². The predicted molar refractivity (Wildman–Crippen MR) is 122 cm³/mol. The number of aromatic nitrogens is 2. The highest BCUT2D eigenvalue weighted by atomic mass is 35.5. The van der Waals surface area contributed by atoms with Crippen molar-refractivity contribution < 1.29 is 31.1 Å². The second kappa shape index (κ2) is 9.16. The van der Waals surface area contributed by atoms with Crippen LogP contribution in [0.25, 0.3) is 16.9 Å². The molecular formula is C21H22ClF3N4O4S. The molecule has 8 nitrogen and oxygen atoms in total. The van der Waals surface area contributed by atoms with Crippen molar-refractivity contribution in [1.29, 1.82) is 0 Å². The van der Waals surface area contributed by atoms with Crippen LogP contribution in [0.1, 0.15) is 12.8 Å². The molecular weight excluding hydrogens is 497 g/mol. The summed E-state index contributed by atoms with van der Waals surface area (Å²) in [6.07, 6.45) is 4.17. The van der Waals surface area contributed by atoms with Crippen molar-refractivity contribution in [2.45, 2.75) is 24.4 Å². The van der Waals surface area contributed by atoms with E-state index in [2.05, 4.69) is 4.98 Å². The monoisotopic (exact) mass is 518 g/mol. The molecule has 3 aromatic rings. The number of nitrogens with zero attached hydrogens (tertiary/aromatic N) is 3. The lowest BCUT2D eigenvalue weighted by Crippen LogP contribution is -2.48. The summed E-state index contributed by atoms with van der Waals surface area (Å²) in [6, 6.07) is 6.37. The quantitative estimate of drug-likeness (QED) is 0.529. The summed E-state index contributed by atoms with van der Waals surface area (Å²) in [5.74, 6) is 1.03. The van der Waals surface area contributed by atoms with Gasteiger partial charge in [-0.1, -0.05) is 11.6 Å². The van der Waals surface area contributed by atoms with Gasteiger partial charge in [0.2, 0.25) is 0 Å². The molecule has 0 saturated carbocycles. The predicted octanol–water partition coefficient (Wildman–Crippen LogP) is 4.08. The van der Waals surface area contributed by atoms with E-state index in [0.717, 1.165) is 5.69 Å². The fourth-order valence-electron chi connectivity index (χ4n) is 3.90. The van der Waals surface area contributed by atoms with Gasteiger partial charge in [-0.3, -0.25) is 0 Å². The highest BCUT2D eigenvalue weighted by Crippen LogP contribution is 2.38. The standard InChI is InChI=1S/C21H22ClF3N4O4S/c1-32-18-11-19(33-2)16(22)10-15(18)17-12-29-8-5-14(9-20(29)26-17)28-6-3-13(4-7-28)27-34(30,31)21(23,24)25/h5,8-13,27H,3-4,6-7H2,1-2H3. The fourth-order valence-corrected chi connectivity index (χ4v) is 4.95. The Hall–Kier alpha value is -2.70. The van der Waals surface area contributed by atoms with Gasteiger partial charge in [0.25, 0.3) is 0 Å². The van der Waals surface area contributed by atoms with Crippen molar-refractivity contribution in [3.05, 3.63) is 41.7 Å². The molecule has 3 heterocycles. The summed E-state index contributed by atoms with van der Waals surface area (Å²) in [5, 5.41) is 0.417. The number of alkyl halides is 3. The molecule has 4 rings (SSSR count). The highest BCUT2D eigenvalue weighted by molar-refractivity contribution is 7.90. The maximum Gasteiger partial charge on any atom is 0.511 e. The Morgan fingerprint density at radius 1 is 1.12 bits per heavy atom. The van der Waals surface area contributed by atoms with E-state index in [1.54, 1.807) is 24.0 Å². The van der Waals surface area contributed by atoms with Gasteiger partial charge in [0.05, 0.1) is 24.9 Å². The molecule has 34 heavy (non-hydrogen) atoms. The molecule has 1 fully saturated rings. The van der Waals surface area contributed by atoms with Crippen LogP contribution in [0.3, 0.4) is 0 Å². The molecule has 0 radical (unpaired) electrons. The largest absolute Gasteiger partial charge is 0.511 e. The number of ether oxygens (including phenoxy) is 2. The van der Waals surface area contributed by atoms with E-state index in [1.165, 1.54) is 7.11 Å². The Morgan fingerprint density at radius 2 is 1.79 bits per heavy atom. The molecule has 0 unspecified atom stereocenters. The molecule has 1 aliphatic heterocycles. The minimum absolute atomic E-state index is 0.252. The van der Waals surface area contributed by atoms with E-state index in [9.17, 15) is 21.6 Å². The summed E-state index contributed by atoms with van der Waals surface area (Å²) >= 11 is 6.28. The molecule has 0 atom stereocenters. The van der Waals surface area contributed by atoms with Crippen molar-refractivity contribution in [3.8, 4) is 22.8 Å². The van der Waals surface area contributed by atoms with Crippen LogP contribution in [0.5, 0.6) is 11.5 Å². The number of hydrogen-bond acceptors (Lipinski definition) is 6. The second-order valence-electron chi connectivity index (χ2n) is 7.79. The third kappa shape index (κ3) is 4.75. The molecule has 0 aliphatic carbocycles. The Labute approximate surface area is 199 Å². The molecule has 13 heteroatoms. The Kier molecular flexibility index (Phi) is 6.58. The lowest BCUT2D eigenvalue weighted by Gasteiger charge is -2.33. The maximum absolute atomic E-state index is 12.6. The number of anilines is 1. The van der Waals surface area contributed by atoms with Crippen molar-refractivity contribution >= 4 is 33.0 Å². The number of nitrogens with one attached hydrogen (secondary N) is 1. The van der Waals surface area contributed by atoms with Gasteiger partial charge in [0, 0.05) is 54.9 Å². The smallest absolute Gasteiger partial charge is 0.496 e. The van der Waals surface area contributed by atoms with Crippen LogP contribution in [-0.2, 0) is 10.0 Å². The van der Waals surface area contributed by atoms with Gasteiger partial charge in [-0.05, 0) is 25.0 Å². The highest BCUT2D eigenvalue weighted by Gasteiger charge is 2.47.